The number of anilines is 1. The van der Waals surface area contributed by atoms with Gasteiger partial charge in [0, 0.05) is 10.9 Å². The van der Waals surface area contributed by atoms with Crippen LogP contribution in [0.4, 0.5) is 9.93 Å². The Labute approximate surface area is 192 Å². The van der Waals surface area contributed by atoms with E-state index in [1.165, 1.54) is 11.3 Å². The van der Waals surface area contributed by atoms with Crippen molar-refractivity contribution >= 4 is 28.5 Å². The van der Waals surface area contributed by atoms with Crippen LogP contribution in [0.2, 0.25) is 0 Å². The molecule has 1 aliphatic carbocycles. The molecule has 0 atom stereocenters. The normalized spacial score (nSPS) is 18.8. The molecule has 1 aromatic heterocycles. The maximum absolute atomic E-state index is 12.1. The van der Waals surface area contributed by atoms with E-state index in [2.05, 4.69) is 15.6 Å². The second-order valence-corrected chi connectivity index (χ2v) is 9.74. The van der Waals surface area contributed by atoms with E-state index in [0.29, 0.717) is 11.7 Å². The first-order valence-electron chi connectivity index (χ1n) is 10.8. The molecule has 0 spiro atoms. The molecule has 1 fully saturated rings. The molecule has 0 aliphatic heterocycles. The molecular weight excluding hydrogens is 430 g/mol. The van der Waals surface area contributed by atoms with Gasteiger partial charge in [0.1, 0.15) is 12.1 Å². The van der Waals surface area contributed by atoms with Crippen molar-refractivity contribution in [3.8, 4) is 11.3 Å². The van der Waals surface area contributed by atoms with Crippen LogP contribution in [0, 0.1) is 0 Å². The van der Waals surface area contributed by atoms with E-state index in [1.807, 2.05) is 29.6 Å². The highest BCUT2D eigenvalue weighted by molar-refractivity contribution is 7.14. The van der Waals surface area contributed by atoms with Gasteiger partial charge in [0.05, 0.1) is 24.5 Å². The van der Waals surface area contributed by atoms with Crippen LogP contribution in [0.3, 0.4) is 0 Å². The molecular formula is C23H31N3O5S. The van der Waals surface area contributed by atoms with Crippen LogP contribution in [0.1, 0.15) is 52.0 Å². The van der Waals surface area contributed by atoms with E-state index in [0.717, 1.165) is 42.5 Å². The number of benzene rings is 1. The summed E-state index contributed by atoms with van der Waals surface area (Å²) in [4.78, 5) is 28.2. The summed E-state index contributed by atoms with van der Waals surface area (Å²) in [6.07, 6.45) is 2.73. The van der Waals surface area contributed by atoms with Gasteiger partial charge in [-0.1, -0.05) is 18.2 Å². The summed E-state index contributed by atoms with van der Waals surface area (Å²) in [5.74, 6) is -0.378. The minimum Gasteiger partial charge on any atom is -0.444 e. The number of ether oxygens (including phenoxy) is 2. The highest BCUT2D eigenvalue weighted by Crippen LogP contribution is 2.27. The van der Waals surface area contributed by atoms with Gasteiger partial charge in [-0.15, -0.1) is 11.3 Å². The molecule has 9 heteroatoms. The van der Waals surface area contributed by atoms with Crippen molar-refractivity contribution in [1.29, 1.82) is 0 Å². The number of hydrogen-bond acceptors (Lipinski definition) is 7. The first kappa shape index (κ1) is 24.2. The van der Waals surface area contributed by atoms with Crippen molar-refractivity contribution < 1.29 is 24.2 Å². The lowest BCUT2D eigenvalue weighted by Gasteiger charge is -2.25. The molecule has 0 unspecified atom stereocenters. The van der Waals surface area contributed by atoms with Crippen molar-refractivity contribution in [1.82, 2.24) is 10.3 Å². The molecule has 2 aromatic rings. The van der Waals surface area contributed by atoms with Gasteiger partial charge in [0.2, 0.25) is 5.91 Å². The van der Waals surface area contributed by atoms with Crippen LogP contribution in [0.5, 0.6) is 0 Å². The Morgan fingerprint density at radius 3 is 2.69 bits per heavy atom. The minimum atomic E-state index is -0.643. The number of alkyl carbamates (subject to hydrolysis) is 1. The molecule has 0 radical (unpaired) electrons. The molecule has 2 amide bonds. The van der Waals surface area contributed by atoms with Crippen molar-refractivity contribution in [3.05, 3.63) is 35.2 Å². The van der Waals surface area contributed by atoms with E-state index in [1.54, 1.807) is 20.8 Å². The number of aliphatic hydroxyl groups excluding tert-OH is 1. The van der Waals surface area contributed by atoms with Gasteiger partial charge in [-0.3, -0.25) is 4.79 Å². The second kappa shape index (κ2) is 10.9. The lowest BCUT2D eigenvalue weighted by Crippen LogP contribution is -2.37. The molecule has 3 N–H and O–H groups in total. The summed E-state index contributed by atoms with van der Waals surface area (Å²) in [6, 6.07) is 7.97. The van der Waals surface area contributed by atoms with Crippen LogP contribution < -0.4 is 10.6 Å². The number of rotatable bonds is 7. The number of amides is 2. The molecule has 8 nitrogen and oxygen atoms in total. The summed E-state index contributed by atoms with van der Waals surface area (Å²) < 4.78 is 11.1. The maximum Gasteiger partial charge on any atom is 0.408 e. The van der Waals surface area contributed by atoms with Gasteiger partial charge in [-0.2, -0.15) is 0 Å². The third-order valence-electron chi connectivity index (χ3n) is 4.89. The Bertz CT molecular complexity index is 916. The predicted octanol–water partition coefficient (Wildman–Crippen LogP) is 4.09. The molecule has 32 heavy (non-hydrogen) atoms. The highest BCUT2D eigenvalue weighted by atomic mass is 32.1. The predicted molar refractivity (Wildman–Crippen MR) is 123 cm³/mol. The standard InChI is InChI=1S/C23H31N3O5S/c1-23(2,3)31-22(29)24-12-20(28)26-21-25-19(14-32-21)16-6-4-5-15(11-16)13-30-18-9-7-17(27)8-10-18/h4-6,11,14,17-18,27H,7-10,12-13H2,1-3H3,(H,24,29)(H,25,26,28)/t17-,18-. The zero-order chi connectivity index (χ0) is 23.1. The van der Waals surface area contributed by atoms with Gasteiger partial charge in [0.25, 0.3) is 0 Å². The number of aromatic nitrogens is 1. The van der Waals surface area contributed by atoms with Gasteiger partial charge >= 0.3 is 6.09 Å². The molecule has 0 bridgehead atoms. The SMILES string of the molecule is CC(C)(C)OC(=O)NCC(=O)Nc1nc(-c2cccc(CO[C@H]3CC[C@H](O)CC3)c2)cs1. The summed E-state index contributed by atoms with van der Waals surface area (Å²) in [5.41, 5.74) is 2.12. The van der Waals surface area contributed by atoms with Crippen LogP contribution in [-0.4, -0.2) is 46.4 Å². The van der Waals surface area contributed by atoms with E-state index < -0.39 is 11.7 Å². The third kappa shape index (κ3) is 7.89. The fraction of sp³-hybridized carbons (Fsp3) is 0.522. The number of nitrogens with one attached hydrogen (secondary N) is 2. The zero-order valence-corrected chi connectivity index (χ0v) is 19.5. The Morgan fingerprint density at radius 2 is 1.97 bits per heavy atom. The van der Waals surface area contributed by atoms with Crippen LogP contribution >= 0.6 is 11.3 Å². The van der Waals surface area contributed by atoms with E-state index >= 15 is 0 Å². The number of thiazole rings is 1. The van der Waals surface area contributed by atoms with E-state index in [-0.39, 0.29) is 24.7 Å². The largest absolute Gasteiger partial charge is 0.444 e. The summed E-state index contributed by atoms with van der Waals surface area (Å²) in [7, 11) is 0. The summed E-state index contributed by atoms with van der Waals surface area (Å²) in [5, 5.41) is 17.1. The zero-order valence-electron chi connectivity index (χ0n) is 18.7. The van der Waals surface area contributed by atoms with Crippen LogP contribution in [0.25, 0.3) is 11.3 Å². The first-order chi connectivity index (χ1) is 15.2. The quantitative estimate of drug-likeness (QED) is 0.573. The van der Waals surface area contributed by atoms with Gasteiger partial charge in [-0.05, 0) is 58.1 Å². The average Bonchev–Trinajstić information content (AvgIpc) is 3.19. The van der Waals surface area contributed by atoms with Crippen molar-refractivity contribution in [2.45, 2.75) is 70.9 Å². The third-order valence-corrected chi connectivity index (χ3v) is 5.65. The van der Waals surface area contributed by atoms with Gasteiger partial charge < -0.3 is 25.2 Å². The van der Waals surface area contributed by atoms with E-state index in [9.17, 15) is 14.7 Å². The maximum atomic E-state index is 12.1. The number of carbonyl (C=O) groups is 2. The van der Waals surface area contributed by atoms with Gasteiger partial charge in [0.15, 0.2) is 5.13 Å². The Kier molecular flexibility index (Phi) is 8.22. The van der Waals surface area contributed by atoms with Crippen LogP contribution in [-0.2, 0) is 20.9 Å². The fourth-order valence-electron chi connectivity index (χ4n) is 3.34. The Morgan fingerprint density at radius 1 is 1.22 bits per heavy atom. The fourth-order valence-corrected chi connectivity index (χ4v) is 4.08. The molecule has 1 heterocycles. The number of carbonyl (C=O) groups excluding carboxylic acids is 2. The smallest absolute Gasteiger partial charge is 0.408 e. The van der Waals surface area contributed by atoms with Crippen molar-refractivity contribution in [3.63, 3.8) is 0 Å². The number of nitrogens with zero attached hydrogens (tertiary/aromatic N) is 1. The lowest BCUT2D eigenvalue weighted by molar-refractivity contribution is -0.115. The van der Waals surface area contributed by atoms with E-state index in [4.69, 9.17) is 9.47 Å². The van der Waals surface area contributed by atoms with Crippen molar-refractivity contribution in [2.24, 2.45) is 0 Å². The lowest BCUT2D eigenvalue weighted by atomic mass is 9.95. The molecule has 174 valence electrons. The Hall–Kier alpha value is -2.49. The summed E-state index contributed by atoms with van der Waals surface area (Å²) >= 11 is 1.32. The second-order valence-electron chi connectivity index (χ2n) is 8.88. The molecule has 1 aromatic carbocycles. The molecule has 1 saturated carbocycles. The molecule has 3 rings (SSSR count). The number of hydrogen-bond donors (Lipinski definition) is 3. The molecule has 0 saturated heterocycles. The highest BCUT2D eigenvalue weighted by Gasteiger charge is 2.20. The van der Waals surface area contributed by atoms with Gasteiger partial charge in [-0.25, -0.2) is 9.78 Å². The average molecular weight is 462 g/mol. The van der Waals surface area contributed by atoms with Crippen LogP contribution in [0.15, 0.2) is 29.6 Å². The molecule has 1 aliphatic rings. The Balaban J connectivity index is 1.50. The monoisotopic (exact) mass is 461 g/mol. The van der Waals surface area contributed by atoms with Crippen molar-refractivity contribution in [2.75, 3.05) is 11.9 Å². The number of aliphatic hydroxyl groups is 1. The topological polar surface area (TPSA) is 110 Å². The summed E-state index contributed by atoms with van der Waals surface area (Å²) in [6.45, 7) is 5.58. The minimum absolute atomic E-state index is 0.189. The first-order valence-corrected chi connectivity index (χ1v) is 11.7.